The van der Waals surface area contributed by atoms with Crippen molar-refractivity contribution in [3.63, 3.8) is 0 Å². The number of carbonyl (C=O) groups is 1. The van der Waals surface area contributed by atoms with E-state index in [4.69, 9.17) is 0 Å². The molecule has 0 aliphatic carbocycles. The van der Waals surface area contributed by atoms with E-state index in [2.05, 4.69) is 19.2 Å². The summed E-state index contributed by atoms with van der Waals surface area (Å²) in [4.78, 5) is 13.0. The summed E-state index contributed by atoms with van der Waals surface area (Å²) in [5.74, 6) is -0.0439. The normalized spacial score (nSPS) is 11.5. The van der Waals surface area contributed by atoms with Crippen molar-refractivity contribution in [2.24, 2.45) is 0 Å². The van der Waals surface area contributed by atoms with Gasteiger partial charge >= 0.3 is 0 Å². The molecule has 31 heavy (non-hydrogen) atoms. The van der Waals surface area contributed by atoms with Gasteiger partial charge in [-0.2, -0.15) is 0 Å². The SMILES string of the molecule is CC(C)c1ccc(N(CC(=O)NC(c2ccccc2)c2ccccc2)S(C)(=O)=O)cc1. The first-order valence-electron chi connectivity index (χ1n) is 10.2. The van der Waals surface area contributed by atoms with Gasteiger partial charge in [0.1, 0.15) is 6.54 Å². The molecule has 0 bridgehead atoms. The Kier molecular flexibility index (Phi) is 7.13. The third-order valence-corrected chi connectivity index (χ3v) is 6.25. The summed E-state index contributed by atoms with van der Waals surface area (Å²) < 4.78 is 26.1. The van der Waals surface area contributed by atoms with E-state index in [0.717, 1.165) is 27.3 Å². The highest BCUT2D eigenvalue weighted by Gasteiger charge is 2.23. The minimum atomic E-state index is -3.64. The molecule has 3 aromatic rings. The zero-order valence-electron chi connectivity index (χ0n) is 18.0. The molecule has 0 fully saturated rings. The topological polar surface area (TPSA) is 66.5 Å². The molecule has 1 amide bonds. The summed E-state index contributed by atoms with van der Waals surface area (Å²) in [5.41, 5.74) is 3.43. The van der Waals surface area contributed by atoms with Gasteiger partial charge in [0.25, 0.3) is 0 Å². The molecule has 0 spiro atoms. The first kappa shape index (κ1) is 22.6. The van der Waals surface area contributed by atoms with Crippen LogP contribution in [-0.2, 0) is 14.8 Å². The fraction of sp³-hybridized carbons (Fsp3) is 0.240. The van der Waals surface area contributed by atoms with Crippen molar-refractivity contribution in [3.8, 4) is 0 Å². The maximum atomic E-state index is 13.0. The van der Waals surface area contributed by atoms with E-state index in [1.165, 1.54) is 0 Å². The van der Waals surface area contributed by atoms with Gasteiger partial charge in [-0.15, -0.1) is 0 Å². The molecule has 6 heteroatoms. The van der Waals surface area contributed by atoms with Crippen molar-refractivity contribution in [2.45, 2.75) is 25.8 Å². The minimum Gasteiger partial charge on any atom is -0.344 e. The van der Waals surface area contributed by atoms with Crippen LogP contribution in [0.3, 0.4) is 0 Å². The molecule has 0 unspecified atom stereocenters. The van der Waals surface area contributed by atoms with Gasteiger partial charge in [-0.25, -0.2) is 8.42 Å². The molecule has 0 radical (unpaired) electrons. The summed E-state index contributed by atoms with van der Waals surface area (Å²) >= 11 is 0. The fourth-order valence-corrected chi connectivity index (χ4v) is 4.27. The number of amides is 1. The van der Waals surface area contributed by atoms with Crippen molar-refractivity contribution in [3.05, 3.63) is 102 Å². The maximum absolute atomic E-state index is 13.0. The van der Waals surface area contributed by atoms with Crippen LogP contribution >= 0.6 is 0 Å². The molecular formula is C25H28N2O3S. The summed E-state index contributed by atoms with van der Waals surface area (Å²) in [7, 11) is -3.64. The Labute approximate surface area is 184 Å². The Bertz CT molecular complexity index is 1060. The summed E-state index contributed by atoms with van der Waals surface area (Å²) in [5, 5.41) is 3.01. The third kappa shape index (κ3) is 5.95. The van der Waals surface area contributed by atoms with Crippen LogP contribution in [0.25, 0.3) is 0 Å². The van der Waals surface area contributed by atoms with Crippen LogP contribution in [0.2, 0.25) is 0 Å². The second kappa shape index (κ2) is 9.79. The van der Waals surface area contributed by atoms with Gasteiger partial charge in [0, 0.05) is 0 Å². The zero-order valence-corrected chi connectivity index (χ0v) is 18.8. The molecular weight excluding hydrogens is 408 g/mol. The molecule has 3 rings (SSSR count). The molecule has 1 N–H and O–H groups in total. The van der Waals surface area contributed by atoms with Gasteiger partial charge < -0.3 is 5.32 Å². The molecule has 3 aromatic carbocycles. The molecule has 0 saturated heterocycles. The van der Waals surface area contributed by atoms with Crippen LogP contribution in [0.15, 0.2) is 84.9 Å². The summed E-state index contributed by atoms with van der Waals surface area (Å²) in [6.07, 6.45) is 1.11. The van der Waals surface area contributed by atoms with E-state index < -0.39 is 10.0 Å². The Morgan fingerprint density at radius 2 is 1.29 bits per heavy atom. The van der Waals surface area contributed by atoms with Gasteiger partial charge in [0.05, 0.1) is 18.0 Å². The number of anilines is 1. The van der Waals surface area contributed by atoms with Crippen molar-refractivity contribution >= 4 is 21.6 Å². The molecule has 0 atom stereocenters. The number of hydrogen-bond donors (Lipinski definition) is 1. The molecule has 0 aliphatic rings. The predicted molar refractivity (Wildman–Crippen MR) is 126 cm³/mol. The van der Waals surface area contributed by atoms with Gasteiger partial charge in [-0.1, -0.05) is 86.6 Å². The van der Waals surface area contributed by atoms with Crippen LogP contribution < -0.4 is 9.62 Å². The number of nitrogens with zero attached hydrogens (tertiary/aromatic N) is 1. The minimum absolute atomic E-state index is 0.296. The summed E-state index contributed by atoms with van der Waals surface area (Å²) in [6.45, 7) is 3.85. The average Bonchev–Trinajstić information content (AvgIpc) is 2.76. The number of sulfonamides is 1. The van der Waals surface area contributed by atoms with E-state index in [1.54, 1.807) is 12.1 Å². The Hall–Kier alpha value is -3.12. The predicted octanol–water partition coefficient (Wildman–Crippen LogP) is 4.48. The highest BCUT2D eigenvalue weighted by Crippen LogP contribution is 2.24. The van der Waals surface area contributed by atoms with E-state index >= 15 is 0 Å². The Morgan fingerprint density at radius 1 is 0.806 bits per heavy atom. The van der Waals surface area contributed by atoms with E-state index in [-0.39, 0.29) is 18.5 Å². The van der Waals surface area contributed by atoms with Gasteiger partial charge in [-0.05, 0) is 34.7 Å². The first-order valence-corrected chi connectivity index (χ1v) is 12.1. The van der Waals surface area contributed by atoms with Crippen molar-refractivity contribution in [1.82, 2.24) is 5.32 Å². The Balaban J connectivity index is 1.85. The molecule has 0 aliphatic heterocycles. The number of nitrogens with one attached hydrogen (secondary N) is 1. The summed E-state index contributed by atoms with van der Waals surface area (Å²) in [6, 6.07) is 26.2. The number of benzene rings is 3. The Morgan fingerprint density at radius 3 is 1.71 bits per heavy atom. The second-order valence-corrected chi connectivity index (χ2v) is 9.74. The first-order chi connectivity index (χ1) is 14.8. The molecule has 5 nitrogen and oxygen atoms in total. The highest BCUT2D eigenvalue weighted by atomic mass is 32.2. The van der Waals surface area contributed by atoms with E-state index in [9.17, 15) is 13.2 Å². The largest absolute Gasteiger partial charge is 0.344 e. The van der Waals surface area contributed by atoms with Gasteiger partial charge in [-0.3, -0.25) is 9.10 Å². The van der Waals surface area contributed by atoms with Crippen LogP contribution in [-0.4, -0.2) is 27.1 Å². The molecule has 0 heterocycles. The number of hydrogen-bond acceptors (Lipinski definition) is 3. The van der Waals surface area contributed by atoms with Gasteiger partial charge in [0.15, 0.2) is 0 Å². The molecule has 0 saturated carbocycles. The van der Waals surface area contributed by atoms with Crippen LogP contribution in [0, 0.1) is 0 Å². The lowest BCUT2D eigenvalue weighted by molar-refractivity contribution is -0.120. The molecule has 0 aromatic heterocycles. The van der Waals surface area contributed by atoms with Crippen molar-refractivity contribution < 1.29 is 13.2 Å². The maximum Gasteiger partial charge on any atom is 0.241 e. The van der Waals surface area contributed by atoms with E-state index in [1.807, 2.05) is 72.8 Å². The smallest absolute Gasteiger partial charge is 0.241 e. The zero-order chi connectivity index (χ0) is 22.4. The lowest BCUT2D eigenvalue weighted by Crippen LogP contribution is -2.41. The van der Waals surface area contributed by atoms with Crippen molar-refractivity contribution in [2.75, 3.05) is 17.1 Å². The average molecular weight is 437 g/mol. The lowest BCUT2D eigenvalue weighted by Gasteiger charge is -2.25. The van der Waals surface area contributed by atoms with E-state index in [0.29, 0.717) is 11.6 Å². The lowest BCUT2D eigenvalue weighted by atomic mass is 9.99. The van der Waals surface area contributed by atoms with Crippen LogP contribution in [0.1, 0.15) is 42.5 Å². The standard InChI is InChI=1S/C25H28N2O3S/c1-19(2)20-14-16-23(17-15-20)27(31(3,29)30)18-24(28)26-25(21-10-6-4-7-11-21)22-12-8-5-9-13-22/h4-17,19,25H,18H2,1-3H3,(H,26,28). The second-order valence-electron chi connectivity index (χ2n) is 7.84. The number of carbonyl (C=O) groups excluding carboxylic acids is 1. The third-order valence-electron chi connectivity index (χ3n) is 5.11. The van der Waals surface area contributed by atoms with Crippen LogP contribution in [0.5, 0.6) is 0 Å². The number of rotatable bonds is 8. The highest BCUT2D eigenvalue weighted by molar-refractivity contribution is 7.92. The van der Waals surface area contributed by atoms with Crippen molar-refractivity contribution in [1.29, 1.82) is 0 Å². The monoisotopic (exact) mass is 436 g/mol. The fourth-order valence-electron chi connectivity index (χ4n) is 3.41. The van der Waals surface area contributed by atoms with Crippen LogP contribution in [0.4, 0.5) is 5.69 Å². The van der Waals surface area contributed by atoms with Gasteiger partial charge in [0.2, 0.25) is 15.9 Å². The quantitative estimate of drug-likeness (QED) is 0.566. The molecule has 162 valence electrons.